The van der Waals surface area contributed by atoms with Gasteiger partial charge in [-0.3, -0.25) is 14.5 Å². The SMILES string of the molecule is O=C1C2CCCC2C(=O)N1Cc1nc2ccccc2[nH]1. The van der Waals surface area contributed by atoms with E-state index < -0.39 is 0 Å². The van der Waals surface area contributed by atoms with Crippen molar-refractivity contribution in [2.75, 3.05) is 0 Å². The van der Waals surface area contributed by atoms with E-state index in [-0.39, 0.29) is 30.2 Å². The van der Waals surface area contributed by atoms with E-state index in [1.165, 1.54) is 4.90 Å². The molecule has 0 spiro atoms. The van der Waals surface area contributed by atoms with Gasteiger partial charge in [-0.25, -0.2) is 4.98 Å². The molecule has 0 radical (unpaired) electrons. The maximum atomic E-state index is 12.3. The van der Waals surface area contributed by atoms with E-state index in [1.807, 2.05) is 24.3 Å². The van der Waals surface area contributed by atoms with Crippen molar-refractivity contribution in [2.24, 2.45) is 11.8 Å². The molecule has 102 valence electrons. The molecule has 5 nitrogen and oxygen atoms in total. The van der Waals surface area contributed by atoms with Gasteiger partial charge in [0, 0.05) is 0 Å². The summed E-state index contributed by atoms with van der Waals surface area (Å²) >= 11 is 0. The van der Waals surface area contributed by atoms with Crippen molar-refractivity contribution in [3.05, 3.63) is 30.1 Å². The second-order valence-corrected chi connectivity index (χ2v) is 5.61. The first-order chi connectivity index (χ1) is 9.74. The summed E-state index contributed by atoms with van der Waals surface area (Å²) in [5.74, 6) is 0.488. The Kier molecular flexibility index (Phi) is 2.42. The van der Waals surface area contributed by atoms with Crippen molar-refractivity contribution in [1.82, 2.24) is 14.9 Å². The Morgan fingerprint density at radius 1 is 1.15 bits per heavy atom. The van der Waals surface area contributed by atoms with E-state index in [0.717, 1.165) is 30.3 Å². The van der Waals surface area contributed by atoms with Gasteiger partial charge >= 0.3 is 0 Å². The molecule has 1 aromatic carbocycles. The van der Waals surface area contributed by atoms with E-state index >= 15 is 0 Å². The molecule has 1 saturated heterocycles. The Bertz CT molecular complexity index is 651. The summed E-state index contributed by atoms with van der Waals surface area (Å²) in [5, 5.41) is 0. The quantitative estimate of drug-likeness (QED) is 0.846. The van der Waals surface area contributed by atoms with Crippen LogP contribution in [-0.4, -0.2) is 26.7 Å². The third-order valence-electron chi connectivity index (χ3n) is 4.43. The number of benzene rings is 1. The molecular formula is C15H15N3O2. The number of nitrogens with one attached hydrogen (secondary N) is 1. The predicted octanol–water partition coefficient (Wildman–Crippen LogP) is 1.85. The van der Waals surface area contributed by atoms with Gasteiger partial charge in [0.1, 0.15) is 5.82 Å². The van der Waals surface area contributed by atoms with Crippen LogP contribution in [0, 0.1) is 11.8 Å². The molecule has 2 unspecified atom stereocenters. The highest BCUT2D eigenvalue weighted by molar-refractivity contribution is 6.05. The van der Waals surface area contributed by atoms with Crippen LogP contribution in [0.5, 0.6) is 0 Å². The first-order valence-corrected chi connectivity index (χ1v) is 7.03. The number of carbonyl (C=O) groups is 2. The minimum Gasteiger partial charge on any atom is -0.340 e. The molecule has 2 fully saturated rings. The van der Waals surface area contributed by atoms with Crippen molar-refractivity contribution >= 4 is 22.8 Å². The van der Waals surface area contributed by atoms with Gasteiger partial charge in [-0.1, -0.05) is 18.6 Å². The van der Waals surface area contributed by atoms with Crippen LogP contribution in [0.25, 0.3) is 11.0 Å². The fourth-order valence-corrected chi connectivity index (χ4v) is 3.45. The van der Waals surface area contributed by atoms with Gasteiger partial charge in [0.25, 0.3) is 0 Å². The van der Waals surface area contributed by atoms with Crippen LogP contribution in [0.3, 0.4) is 0 Å². The highest BCUT2D eigenvalue weighted by Gasteiger charge is 2.49. The van der Waals surface area contributed by atoms with Crippen molar-refractivity contribution in [2.45, 2.75) is 25.8 Å². The van der Waals surface area contributed by atoms with Crippen LogP contribution < -0.4 is 0 Å². The summed E-state index contributed by atoms with van der Waals surface area (Å²) in [6.45, 7) is 0.263. The molecule has 1 aromatic heterocycles. The summed E-state index contributed by atoms with van der Waals surface area (Å²) < 4.78 is 0. The zero-order valence-electron chi connectivity index (χ0n) is 11.0. The summed E-state index contributed by atoms with van der Waals surface area (Å²) in [6, 6.07) is 7.70. The summed E-state index contributed by atoms with van der Waals surface area (Å²) in [4.78, 5) is 33.6. The lowest BCUT2D eigenvalue weighted by Crippen LogP contribution is -2.31. The first kappa shape index (κ1) is 11.6. The molecule has 2 aromatic rings. The van der Waals surface area contributed by atoms with Crippen molar-refractivity contribution in [3.63, 3.8) is 0 Å². The third kappa shape index (κ3) is 1.59. The molecule has 4 rings (SSSR count). The van der Waals surface area contributed by atoms with E-state index in [4.69, 9.17) is 0 Å². The number of fused-ring (bicyclic) bond motifs is 2. The topological polar surface area (TPSA) is 66.1 Å². The minimum atomic E-state index is -0.0770. The van der Waals surface area contributed by atoms with Crippen LogP contribution in [0.15, 0.2) is 24.3 Å². The number of hydrogen-bond donors (Lipinski definition) is 1. The van der Waals surface area contributed by atoms with Gasteiger partial charge in [0.15, 0.2) is 0 Å². The lowest BCUT2D eigenvalue weighted by molar-refractivity contribution is -0.141. The molecule has 5 heteroatoms. The lowest BCUT2D eigenvalue weighted by Gasteiger charge is -2.13. The number of imide groups is 1. The van der Waals surface area contributed by atoms with Crippen molar-refractivity contribution in [1.29, 1.82) is 0 Å². The second kappa shape index (κ2) is 4.16. The number of aromatic nitrogens is 2. The number of nitrogens with zero attached hydrogens (tertiary/aromatic N) is 2. The largest absolute Gasteiger partial charge is 0.340 e. The third-order valence-corrected chi connectivity index (χ3v) is 4.43. The van der Waals surface area contributed by atoms with Gasteiger partial charge in [0.2, 0.25) is 11.8 Å². The van der Waals surface area contributed by atoms with E-state index in [1.54, 1.807) is 0 Å². The van der Waals surface area contributed by atoms with Crippen LogP contribution >= 0.6 is 0 Å². The molecule has 20 heavy (non-hydrogen) atoms. The Morgan fingerprint density at radius 2 is 1.85 bits per heavy atom. The first-order valence-electron chi connectivity index (χ1n) is 7.03. The summed E-state index contributed by atoms with van der Waals surface area (Å²) in [7, 11) is 0. The minimum absolute atomic E-state index is 0.0158. The van der Waals surface area contributed by atoms with Crippen LogP contribution in [0.2, 0.25) is 0 Å². The molecule has 1 saturated carbocycles. The van der Waals surface area contributed by atoms with Gasteiger partial charge < -0.3 is 4.98 Å². The predicted molar refractivity (Wildman–Crippen MR) is 72.5 cm³/mol. The number of carbonyl (C=O) groups excluding carboxylic acids is 2. The maximum Gasteiger partial charge on any atom is 0.233 e. The van der Waals surface area contributed by atoms with Crippen molar-refractivity contribution < 1.29 is 9.59 Å². The molecule has 0 bridgehead atoms. The zero-order chi connectivity index (χ0) is 13.7. The second-order valence-electron chi connectivity index (χ2n) is 5.61. The standard InChI is InChI=1S/C15H15N3O2/c19-14-9-4-3-5-10(9)15(20)18(14)8-13-16-11-6-1-2-7-12(11)17-13/h1-2,6-7,9-10H,3-5,8H2,(H,16,17). The molecule has 1 N–H and O–H groups in total. The highest BCUT2D eigenvalue weighted by Crippen LogP contribution is 2.40. The fraction of sp³-hybridized carbons (Fsp3) is 0.400. The average molecular weight is 269 g/mol. The van der Waals surface area contributed by atoms with Crippen LogP contribution in [0.1, 0.15) is 25.1 Å². The number of hydrogen-bond acceptors (Lipinski definition) is 3. The van der Waals surface area contributed by atoms with E-state index in [9.17, 15) is 9.59 Å². The van der Waals surface area contributed by atoms with Gasteiger partial charge in [0.05, 0.1) is 29.4 Å². The number of rotatable bonds is 2. The maximum absolute atomic E-state index is 12.3. The normalized spacial score (nSPS) is 25.7. The molecule has 2 aliphatic rings. The number of para-hydroxylation sites is 2. The molecule has 2 amide bonds. The zero-order valence-corrected chi connectivity index (χ0v) is 11.0. The molecule has 1 aliphatic heterocycles. The van der Waals surface area contributed by atoms with Gasteiger partial charge in [-0.2, -0.15) is 0 Å². The van der Waals surface area contributed by atoms with Gasteiger partial charge in [-0.05, 0) is 25.0 Å². The fourth-order valence-electron chi connectivity index (χ4n) is 3.45. The van der Waals surface area contributed by atoms with E-state index in [2.05, 4.69) is 9.97 Å². The lowest BCUT2D eigenvalue weighted by atomic mass is 10.00. The molecule has 2 heterocycles. The Labute approximate surface area is 116 Å². The molecular weight excluding hydrogens is 254 g/mol. The molecule has 1 aliphatic carbocycles. The number of likely N-dealkylation sites (tertiary alicyclic amines) is 1. The number of H-pyrrole nitrogens is 1. The monoisotopic (exact) mass is 269 g/mol. The summed E-state index contributed by atoms with van der Waals surface area (Å²) in [5.41, 5.74) is 1.79. The number of aromatic amines is 1. The van der Waals surface area contributed by atoms with Crippen LogP contribution in [-0.2, 0) is 16.1 Å². The number of imidazole rings is 1. The average Bonchev–Trinajstić information content (AvgIpc) is 3.12. The van der Waals surface area contributed by atoms with E-state index in [0.29, 0.717) is 5.82 Å². The Balaban J connectivity index is 1.62. The van der Waals surface area contributed by atoms with Crippen molar-refractivity contribution in [3.8, 4) is 0 Å². The van der Waals surface area contributed by atoms with Gasteiger partial charge in [-0.15, -0.1) is 0 Å². The molecule has 2 atom stereocenters. The van der Waals surface area contributed by atoms with Crippen LogP contribution in [0.4, 0.5) is 0 Å². The Hall–Kier alpha value is -2.17. The smallest absolute Gasteiger partial charge is 0.233 e. The Morgan fingerprint density at radius 3 is 2.55 bits per heavy atom. The number of amides is 2. The highest BCUT2D eigenvalue weighted by atomic mass is 16.2. The summed E-state index contributed by atoms with van der Waals surface area (Å²) in [6.07, 6.45) is 2.70.